The van der Waals surface area contributed by atoms with Gasteiger partial charge in [-0.05, 0) is 12.8 Å². The van der Waals surface area contributed by atoms with Gasteiger partial charge >= 0.3 is 9.05 Å². The SMILES string of the molecule is CCC(CC)O[Si](OC)(OC)OC.O. The molecule has 0 amide bonds. The minimum atomic E-state index is -2.82. The second-order valence-corrected chi connectivity index (χ2v) is 5.13. The molecule has 0 aliphatic heterocycles. The van der Waals surface area contributed by atoms with Crippen molar-refractivity contribution in [3.8, 4) is 0 Å². The van der Waals surface area contributed by atoms with E-state index < -0.39 is 9.05 Å². The van der Waals surface area contributed by atoms with Gasteiger partial charge in [0, 0.05) is 21.3 Å². The Balaban J connectivity index is 0. The summed E-state index contributed by atoms with van der Waals surface area (Å²) in [7, 11) is 1.81. The lowest BCUT2D eigenvalue weighted by Crippen LogP contribution is -2.48. The third-order valence-corrected chi connectivity index (χ3v) is 4.09. The predicted molar refractivity (Wildman–Crippen MR) is 55.8 cm³/mol. The largest absolute Gasteiger partial charge is 0.679 e. The first kappa shape index (κ1) is 16.4. The maximum atomic E-state index is 5.66. The molecule has 0 saturated carbocycles. The van der Waals surface area contributed by atoms with Gasteiger partial charge in [-0.1, -0.05) is 13.8 Å². The van der Waals surface area contributed by atoms with Gasteiger partial charge in [0.25, 0.3) is 0 Å². The predicted octanol–water partition coefficient (Wildman–Crippen LogP) is 0.742. The third-order valence-electron chi connectivity index (χ3n) is 1.97. The Morgan fingerprint density at radius 1 is 0.929 bits per heavy atom. The lowest BCUT2D eigenvalue weighted by Gasteiger charge is -2.27. The molecule has 0 aliphatic rings. The van der Waals surface area contributed by atoms with E-state index in [4.69, 9.17) is 17.7 Å². The minimum Gasteiger partial charge on any atom is -0.412 e. The first-order valence-electron chi connectivity index (χ1n) is 4.51. The van der Waals surface area contributed by atoms with Gasteiger partial charge in [0.2, 0.25) is 0 Å². The Bertz CT molecular complexity index is 117. The number of hydrogen-bond donors (Lipinski definition) is 0. The van der Waals surface area contributed by atoms with Crippen LogP contribution in [0.4, 0.5) is 0 Å². The molecule has 0 aromatic rings. The molecule has 0 rings (SSSR count). The Morgan fingerprint density at radius 3 is 1.50 bits per heavy atom. The molecule has 0 atom stereocenters. The van der Waals surface area contributed by atoms with E-state index in [1.165, 1.54) is 0 Å². The van der Waals surface area contributed by atoms with Crippen LogP contribution < -0.4 is 0 Å². The molecule has 0 aromatic carbocycles. The molecule has 0 unspecified atom stereocenters. The highest BCUT2D eigenvalue weighted by Crippen LogP contribution is 2.14. The lowest BCUT2D eigenvalue weighted by molar-refractivity contribution is -0.0240. The number of hydrogen-bond acceptors (Lipinski definition) is 4. The van der Waals surface area contributed by atoms with E-state index in [-0.39, 0.29) is 11.6 Å². The average molecular weight is 226 g/mol. The van der Waals surface area contributed by atoms with Gasteiger partial charge in [0.05, 0.1) is 6.10 Å². The van der Waals surface area contributed by atoms with E-state index in [0.29, 0.717) is 0 Å². The second-order valence-electron chi connectivity index (χ2n) is 2.67. The van der Waals surface area contributed by atoms with Crippen LogP contribution >= 0.6 is 0 Å². The molecule has 0 saturated heterocycles. The van der Waals surface area contributed by atoms with Gasteiger partial charge in [-0.3, -0.25) is 0 Å². The first-order valence-corrected chi connectivity index (χ1v) is 6.14. The quantitative estimate of drug-likeness (QED) is 0.600. The Labute approximate surface area is 87.1 Å². The zero-order valence-electron chi connectivity index (χ0n) is 9.62. The van der Waals surface area contributed by atoms with Crippen LogP contribution in [0.3, 0.4) is 0 Å². The topological polar surface area (TPSA) is 68.4 Å². The van der Waals surface area contributed by atoms with Gasteiger partial charge < -0.3 is 23.2 Å². The van der Waals surface area contributed by atoms with Gasteiger partial charge in [-0.2, -0.15) is 0 Å². The van der Waals surface area contributed by atoms with E-state index in [2.05, 4.69) is 13.8 Å². The highest BCUT2D eigenvalue weighted by Gasteiger charge is 2.43. The Morgan fingerprint density at radius 2 is 1.29 bits per heavy atom. The van der Waals surface area contributed by atoms with Crippen LogP contribution in [0.25, 0.3) is 0 Å². The normalized spacial score (nSPS) is 11.6. The molecule has 88 valence electrons. The van der Waals surface area contributed by atoms with Crippen molar-refractivity contribution in [2.75, 3.05) is 21.3 Å². The monoisotopic (exact) mass is 226 g/mol. The van der Waals surface area contributed by atoms with Crippen LogP contribution in [-0.4, -0.2) is 42.0 Å². The van der Waals surface area contributed by atoms with Crippen LogP contribution in [-0.2, 0) is 17.7 Å². The van der Waals surface area contributed by atoms with Crippen molar-refractivity contribution < 1.29 is 23.2 Å². The van der Waals surface area contributed by atoms with Crippen molar-refractivity contribution in [3.05, 3.63) is 0 Å². The summed E-state index contributed by atoms with van der Waals surface area (Å²) in [6.45, 7) is 4.13. The molecule has 0 fully saturated rings. The van der Waals surface area contributed by atoms with Gasteiger partial charge in [0.1, 0.15) is 0 Å². The summed E-state index contributed by atoms with van der Waals surface area (Å²) < 4.78 is 21.1. The summed E-state index contributed by atoms with van der Waals surface area (Å²) >= 11 is 0. The summed E-state index contributed by atoms with van der Waals surface area (Å²) in [5, 5.41) is 0. The zero-order chi connectivity index (χ0) is 10.3. The van der Waals surface area contributed by atoms with Crippen molar-refractivity contribution in [1.29, 1.82) is 0 Å². The molecule has 0 spiro atoms. The van der Waals surface area contributed by atoms with Crippen LogP contribution in [0.5, 0.6) is 0 Å². The highest BCUT2D eigenvalue weighted by molar-refractivity contribution is 6.53. The maximum absolute atomic E-state index is 5.66. The summed E-state index contributed by atoms with van der Waals surface area (Å²) in [4.78, 5) is 0. The first-order chi connectivity index (χ1) is 6.17. The van der Waals surface area contributed by atoms with E-state index in [1.807, 2.05) is 0 Å². The van der Waals surface area contributed by atoms with Crippen LogP contribution in [0.1, 0.15) is 26.7 Å². The molecule has 2 N–H and O–H groups in total. The second kappa shape index (κ2) is 8.34. The molecule has 0 aromatic heterocycles. The molecule has 0 bridgehead atoms. The van der Waals surface area contributed by atoms with E-state index in [1.54, 1.807) is 21.3 Å². The fraction of sp³-hybridized carbons (Fsp3) is 1.00. The molecular weight excluding hydrogens is 204 g/mol. The van der Waals surface area contributed by atoms with Crippen LogP contribution in [0.2, 0.25) is 0 Å². The van der Waals surface area contributed by atoms with Crippen molar-refractivity contribution in [2.45, 2.75) is 32.8 Å². The van der Waals surface area contributed by atoms with E-state index in [0.717, 1.165) is 12.8 Å². The molecule has 0 heterocycles. The molecule has 6 heteroatoms. The van der Waals surface area contributed by atoms with Crippen molar-refractivity contribution in [1.82, 2.24) is 0 Å². The molecule has 5 nitrogen and oxygen atoms in total. The Kier molecular flexibility index (Phi) is 9.79. The summed E-state index contributed by atoms with van der Waals surface area (Å²) in [5.74, 6) is 0. The molecule has 14 heavy (non-hydrogen) atoms. The van der Waals surface area contributed by atoms with E-state index in [9.17, 15) is 0 Å². The fourth-order valence-corrected chi connectivity index (χ4v) is 2.58. The summed E-state index contributed by atoms with van der Waals surface area (Å²) in [6, 6.07) is 0. The fourth-order valence-electron chi connectivity index (χ4n) is 1.05. The minimum absolute atomic E-state index is 0. The summed E-state index contributed by atoms with van der Waals surface area (Å²) in [6.07, 6.45) is 2.01. The lowest BCUT2D eigenvalue weighted by atomic mass is 10.2. The highest BCUT2D eigenvalue weighted by atomic mass is 28.4. The van der Waals surface area contributed by atoms with Crippen molar-refractivity contribution >= 4 is 9.05 Å². The van der Waals surface area contributed by atoms with Crippen molar-refractivity contribution in [2.24, 2.45) is 0 Å². The van der Waals surface area contributed by atoms with Gasteiger partial charge in [0.15, 0.2) is 0 Å². The van der Waals surface area contributed by atoms with Gasteiger partial charge in [-0.15, -0.1) is 0 Å². The zero-order valence-corrected chi connectivity index (χ0v) is 10.6. The smallest absolute Gasteiger partial charge is 0.412 e. The van der Waals surface area contributed by atoms with Crippen LogP contribution in [0, 0.1) is 0 Å². The molecule has 0 radical (unpaired) electrons. The Hall–Kier alpha value is 0.0169. The average Bonchev–Trinajstić information content (AvgIpc) is 2.21. The molecule has 0 aliphatic carbocycles. The van der Waals surface area contributed by atoms with Gasteiger partial charge in [-0.25, -0.2) is 0 Å². The third kappa shape index (κ3) is 4.49. The molecular formula is C8H22O5Si. The number of rotatable bonds is 7. The summed E-state index contributed by atoms with van der Waals surface area (Å²) in [5.41, 5.74) is 0. The van der Waals surface area contributed by atoms with Crippen LogP contribution in [0.15, 0.2) is 0 Å². The van der Waals surface area contributed by atoms with Crippen molar-refractivity contribution in [3.63, 3.8) is 0 Å². The maximum Gasteiger partial charge on any atom is 0.679 e. The van der Waals surface area contributed by atoms with E-state index >= 15 is 0 Å². The standard InChI is InChI=1S/C8H20O4Si.H2O/c1-6-8(7-2)12-13(9-3,10-4)11-5;/h8H,6-7H2,1-5H3;1H2.